The molecule has 0 aromatic heterocycles. The van der Waals surface area contributed by atoms with Gasteiger partial charge in [-0.15, -0.1) is 0 Å². The molecule has 22 heavy (non-hydrogen) atoms. The molecule has 0 radical (unpaired) electrons. The molecule has 2 saturated heterocycles. The molecule has 2 aliphatic rings. The van der Waals surface area contributed by atoms with E-state index in [0.717, 1.165) is 12.8 Å². The standard InChI is InChI=1S/C15H20N2O4S/c1-12-6-8-16(9-7-12)22(19,20)14-4-2-13(3-5-14)17-10-11-21-15(17)18/h2-5,12H,6-11H2,1H3. The van der Waals surface area contributed by atoms with Crippen LogP contribution in [-0.4, -0.2) is 45.1 Å². The molecular formula is C15H20N2O4S. The van der Waals surface area contributed by atoms with Crippen LogP contribution in [0, 0.1) is 5.92 Å². The van der Waals surface area contributed by atoms with Gasteiger partial charge in [-0.2, -0.15) is 4.31 Å². The van der Waals surface area contributed by atoms with Crippen LogP contribution in [0.2, 0.25) is 0 Å². The van der Waals surface area contributed by atoms with Gasteiger partial charge >= 0.3 is 6.09 Å². The smallest absolute Gasteiger partial charge is 0.414 e. The number of sulfonamides is 1. The molecule has 0 saturated carbocycles. The number of benzene rings is 1. The number of nitrogens with zero attached hydrogens (tertiary/aromatic N) is 2. The molecule has 120 valence electrons. The molecule has 0 N–H and O–H groups in total. The molecule has 0 aliphatic carbocycles. The summed E-state index contributed by atoms with van der Waals surface area (Å²) in [7, 11) is -3.44. The Balaban J connectivity index is 1.78. The van der Waals surface area contributed by atoms with E-state index in [0.29, 0.717) is 37.8 Å². The number of anilines is 1. The Morgan fingerprint density at radius 1 is 1.09 bits per heavy atom. The number of carbonyl (C=O) groups is 1. The molecule has 1 amide bonds. The van der Waals surface area contributed by atoms with Gasteiger partial charge in [0.25, 0.3) is 0 Å². The second-order valence-electron chi connectivity index (χ2n) is 5.85. The second kappa shape index (κ2) is 5.89. The van der Waals surface area contributed by atoms with Gasteiger partial charge in [0, 0.05) is 18.8 Å². The first-order valence-electron chi connectivity index (χ1n) is 7.53. The summed E-state index contributed by atoms with van der Waals surface area (Å²) in [5.74, 6) is 0.579. The minimum Gasteiger partial charge on any atom is -0.447 e. The Morgan fingerprint density at radius 3 is 2.27 bits per heavy atom. The second-order valence-corrected chi connectivity index (χ2v) is 7.78. The average molecular weight is 324 g/mol. The highest BCUT2D eigenvalue weighted by Gasteiger charge is 2.29. The summed E-state index contributed by atoms with van der Waals surface area (Å²) in [4.78, 5) is 13.3. The molecule has 0 atom stereocenters. The van der Waals surface area contributed by atoms with E-state index < -0.39 is 10.0 Å². The lowest BCUT2D eigenvalue weighted by Crippen LogP contribution is -2.37. The number of piperidine rings is 1. The molecule has 2 aliphatic heterocycles. The average Bonchev–Trinajstić information content (AvgIpc) is 2.94. The van der Waals surface area contributed by atoms with Gasteiger partial charge in [0.2, 0.25) is 10.0 Å². The van der Waals surface area contributed by atoms with Crippen molar-refractivity contribution in [2.45, 2.75) is 24.7 Å². The molecule has 1 aromatic rings. The topological polar surface area (TPSA) is 66.9 Å². The van der Waals surface area contributed by atoms with Crippen molar-refractivity contribution in [2.24, 2.45) is 5.92 Å². The lowest BCUT2D eigenvalue weighted by atomic mass is 10.0. The Hall–Kier alpha value is -1.60. The zero-order valence-corrected chi connectivity index (χ0v) is 13.4. The first-order valence-corrected chi connectivity index (χ1v) is 8.97. The Kier molecular flexibility index (Phi) is 4.10. The number of cyclic esters (lactones) is 1. The summed E-state index contributed by atoms with van der Waals surface area (Å²) >= 11 is 0. The maximum absolute atomic E-state index is 12.6. The van der Waals surface area contributed by atoms with E-state index >= 15 is 0 Å². The number of amides is 1. The van der Waals surface area contributed by atoms with E-state index in [4.69, 9.17) is 4.74 Å². The van der Waals surface area contributed by atoms with Crippen molar-refractivity contribution in [1.82, 2.24) is 4.31 Å². The van der Waals surface area contributed by atoms with Crippen LogP contribution in [0.15, 0.2) is 29.2 Å². The highest BCUT2D eigenvalue weighted by Crippen LogP contribution is 2.26. The highest BCUT2D eigenvalue weighted by molar-refractivity contribution is 7.89. The third kappa shape index (κ3) is 2.83. The van der Waals surface area contributed by atoms with Crippen molar-refractivity contribution in [3.8, 4) is 0 Å². The summed E-state index contributed by atoms with van der Waals surface area (Å²) in [6, 6.07) is 6.45. The van der Waals surface area contributed by atoms with Crippen molar-refractivity contribution < 1.29 is 17.9 Å². The Bertz CT molecular complexity index is 649. The predicted octanol–water partition coefficient (Wildman–Crippen LogP) is 2.06. The maximum atomic E-state index is 12.6. The normalized spacial score (nSPS) is 21.1. The third-order valence-corrected chi connectivity index (χ3v) is 6.20. The number of hydrogen-bond donors (Lipinski definition) is 0. The summed E-state index contributed by atoms with van der Waals surface area (Å²) in [5.41, 5.74) is 0.661. The lowest BCUT2D eigenvalue weighted by Gasteiger charge is -2.29. The fourth-order valence-electron chi connectivity index (χ4n) is 2.80. The van der Waals surface area contributed by atoms with E-state index in [9.17, 15) is 13.2 Å². The van der Waals surface area contributed by atoms with Crippen LogP contribution in [0.5, 0.6) is 0 Å². The van der Waals surface area contributed by atoms with E-state index in [-0.39, 0.29) is 11.0 Å². The summed E-state index contributed by atoms with van der Waals surface area (Å²) < 4.78 is 31.7. The van der Waals surface area contributed by atoms with Crippen molar-refractivity contribution in [1.29, 1.82) is 0 Å². The van der Waals surface area contributed by atoms with E-state index in [2.05, 4.69) is 6.92 Å². The van der Waals surface area contributed by atoms with E-state index in [1.807, 2.05) is 0 Å². The maximum Gasteiger partial charge on any atom is 0.414 e. The van der Waals surface area contributed by atoms with Crippen LogP contribution >= 0.6 is 0 Å². The van der Waals surface area contributed by atoms with Crippen LogP contribution in [0.3, 0.4) is 0 Å². The molecule has 2 fully saturated rings. The minimum atomic E-state index is -3.44. The lowest BCUT2D eigenvalue weighted by molar-refractivity contribution is 0.181. The Morgan fingerprint density at radius 2 is 1.73 bits per heavy atom. The van der Waals surface area contributed by atoms with Crippen LogP contribution in [-0.2, 0) is 14.8 Å². The largest absolute Gasteiger partial charge is 0.447 e. The van der Waals surface area contributed by atoms with Crippen molar-refractivity contribution in [3.05, 3.63) is 24.3 Å². The van der Waals surface area contributed by atoms with Crippen LogP contribution in [0.1, 0.15) is 19.8 Å². The number of rotatable bonds is 3. The Labute approximate surface area is 130 Å². The summed E-state index contributed by atoms with van der Waals surface area (Å²) in [6.45, 7) is 4.15. The predicted molar refractivity (Wildman–Crippen MR) is 82.3 cm³/mol. The highest BCUT2D eigenvalue weighted by atomic mass is 32.2. The zero-order valence-electron chi connectivity index (χ0n) is 12.6. The number of ether oxygens (including phenoxy) is 1. The molecule has 1 aromatic carbocycles. The first-order chi connectivity index (χ1) is 10.5. The van der Waals surface area contributed by atoms with Crippen molar-refractivity contribution in [2.75, 3.05) is 31.1 Å². The molecule has 0 unspecified atom stereocenters. The van der Waals surface area contributed by atoms with Crippen LogP contribution in [0.25, 0.3) is 0 Å². The zero-order chi connectivity index (χ0) is 15.7. The molecular weight excluding hydrogens is 304 g/mol. The van der Waals surface area contributed by atoms with Gasteiger partial charge in [-0.05, 0) is 43.0 Å². The van der Waals surface area contributed by atoms with Crippen molar-refractivity contribution in [3.63, 3.8) is 0 Å². The summed E-state index contributed by atoms with van der Waals surface area (Å²) in [5, 5.41) is 0. The number of carbonyl (C=O) groups excluding carboxylic acids is 1. The monoisotopic (exact) mass is 324 g/mol. The minimum absolute atomic E-state index is 0.276. The van der Waals surface area contributed by atoms with E-state index in [1.165, 1.54) is 4.90 Å². The molecule has 7 heteroatoms. The fourth-order valence-corrected chi connectivity index (χ4v) is 4.27. The molecule has 2 heterocycles. The molecule has 0 bridgehead atoms. The fraction of sp³-hybridized carbons (Fsp3) is 0.533. The number of hydrogen-bond acceptors (Lipinski definition) is 4. The molecule has 3 rings (SSSR count). The van der Waals surface area contributed by atoms with E-state index in [1.54, 1.807) is 28.6 Å². The SMILES string of the molecule is CC1CCN(S(=O)(=O)c2ccc(N3CCOC3=O)cc2)CC1. The van der Waals surface area contributed by atoms with Gasteiger partial charge in [0.05, 0.1) is 11.4 Å². The molecule has 0 spiro atoms. The van der Waals surface area contributed by atoms with Gasteiger partial charge in [0.1, 0.15) is 6.61 Å². The van der Waals surface area contributed by atoms with Crippen molar-refractivity contribution >= 4 is 21.8 Å². The third-order valence-electron chi connectivity index (χ3n) is 4.29. The first kappa shape index (κ1) is 15.3. The summed E-state index contributed by atoms with van der Waals surface area (Å²) in [6.07, 6.45) is 1.41. The van der Waals surface area contributed by atoms with Gasteiger partial charge in [-0.1, -0.05) is 6.92 Å². The van der Waals surface area contributed by atoms with Gasteiger partial charge in [-0.25, -0.2) is 13.2 Å². The van der Waals surface area contributed by atoms with Gasteiger partial charge < -0.3 is 4.74 Å². The quantitative estimate of drug-likeness (QED) is 0.853. The van der Waals surface area contributed by atoms with Crippen LogP contribution in [0.4, 0.5) is 10.5 Å². The van der Waals surface area contributed by atoms with Gasteiger partial charge in [-0.3, -0.25) is 4.90 Å². The van der Waals surface area contributed by atoms with Crippen LogP contribution < -0.4 is 4.90 Å². The molecule has 6 nitrogen and oxygen atoms in total. The van der Waals surface area contributed by atoms with Gasteiger partial charge in [0.15, 0.2) is 0 Å².